The number of hydrogen-bond donors (Lipinski definition) is 1. The molecule has 0 saturated heterocycles. The van der Waals surface area contributed by atoms with Crippen LogP contribution in [0.15, 0.2) is 47.0 Å². The summed E-state index contributed by atoms with van der Waals surface area (Å²) < 4.78 is 19.1. The first-order valence-electron chi connectivity index (χ1n) is 9.12. The highest BCUT2D eigenvalue weighted by atomic mass is 19.1. The first kappa shape index (κ1) is 17.4. The smallest absolute Gasteiger partial charge is 0.255 e. The fourth-order valence-electron chi connectivity index (χ4n) is 3.36. The van der Waals surface area contributed by atoms with Crippen molar-refractivity contribution in [2.24, 2.45) is 0 Å². The van der Waals surface area contributed by atoms with Gasteiger partial charge >= 0.3 is 0 Å². The SMILES string of the molecule is Cc1ccc(C(=O)Nc2cccc(-c3noc(C4CCCC4)n3)c2)cc1F. The Morgan fingerprint density at radius 2 is 2.00 bits per heavy atom. The summed E-state index contributed by atoms with van der Waals surface area (Å²) >= 11 is 0. The van der Waals surface area contributed by atoms with Gasteiger partial charge < -0.3 is 9.84 Å². The van der Waals surface area contributed by atoms with Gasteiger partial charge in [0.2, 0.25) is 11.7 Å². The average molecular weight is 365 g/mol. The number of halogens is 1. The predicted molar refractivity (Wildman–Crippen MR) is 100 cm³/mol. The largest absolute Gasteiger partial charge is 0.339 e. The van der Waals surface area contributed by atoms with Crippen LogP contribution in [0, 0.1) is 12.7 Å². The molecule has 27 heavy (non-hydrogen) atoms. The predicted octanol–water partition coefficient (Wildman–Crippen LogP) is 5.09. The van der Waals surface area contributed by atoms with Crippen molar-refractivity contribution in [2.75, 3.05) is 5.32 Å². The summed E-state index contributed by atoms with van der Waals surface area (Å²) in [4.78, 5) is 16.9. The molecule has 6 heteroatoms. The second-order valence-corrected chi connectivity index (χ2v) is 6.94. The maximum absolute atomic E-state index is 13.7. The number of nitrogens with one attached hydrogen (secondary N) is 1. The van der Waals surface area contributed by atoms with Crippen LogP contribution >= 0.6 is 0 Å². The normalized spacial score (nSPS) is 14.4. The van der Waals surface area contributed by atoms with Crippen molar-refractivity contribution in [3.63, 3.8) is 0 Å². The standard InChI is InChI=1S/C21H20FN3O2/c1-13-9-10-16(12-18(13)22)20(26)23-17-8-4-7-15(11-17)19-24-21(27-25-19)14-5-2-3-6-14/h4,7-12,14H,2-3,5-6H2,1H3,(H,23,26). The lowest BCUT2D eigenvalue weighted by Gasteiger charge is -2.07. The maximum Gasteiger partial charge on any atom is 0.255 e. The number of aromatic nitrogens is 2. The summed E-state index contributed by atoms with van der Waals surface area (Å²) in [5, 5.41) is 6.87. The van der Waals surface area contributed by atoms with E-state index in [0.29, 0.717) is 28.9 Å². The van der Waals surface area contributed by atoms with Crippen LogP contribution in [-0.4, -0.2) is 16.0 Å². The van der Waals surface area contributed by atoms with Gasteiger partial charge in [0, 0.05) is 22.7 Å². The third-order valence-corrected chi connectivity index (χ3v) is 4.96. The van der Waals surface area contributed by atoms with E-state index in [9.17, 15) is 9.18 Å². The van der Waals surface area contributed by atoms with Gasteiger partial charge in [-0.25, -0.2) is 4.39 Å². The molecule has 0 spiro atoms. The first-order chi connectivity index (χ1) is 13.1. The van der Waals surface area contributed by atoms with Gasteiger partial charge in [0.1, 0.15) is 5.82 Å². The summed E-state index contributed by atoms with van der Waals surface area (Å²) in [5.41, 5.74) is 2.12. The molecule has 1 amide bonds. The van der Waals surface area contributed by atoms with E-state index >= 15 is 0 Å². The summed E-state index contributed by atoms with van der Waals surface area (Å²) in [6.07, 6.45) is 4.57. The zero-order valence-electron chi connectivity index (χ0n) is 15.0. The minimum atomic E-state index is -0.400. The Morgan fingerprint density at radius 1 is 1.19 bits per heavy atom. The summed E-state index contributed by atoms with van der Waals surface area (Å²) in [6.45, 7) is 1.66. The third kappa shape index (κ3) is 3.74. The van der Waals surface area contributed by atoms with Crippen molar-refractivity contribution in [1.29, 1.82) is 0 Å². The second kappa shape index (κ2) is 7.31. The zero-order chi connectivity index (χ0) is 18.8. The number of nitrogens with zero attached hydrogens (tertiary/aromatic N) is 2. The van der Waals surface area contributed by atoms with E-state index in [4.69, 9.17) is 4.52 Å². The number of carbonyl (C=O) groups excluding carboxylic acids is 1. The molecular formula is C21H20FN3O2. The van der Waals surface area contributed by atoms with E-state index in [1.807, 2.05) is 12.1 Å². The van der Waals surface area contributed by atoms with Crippen molar-refractivity contribution >= 4 is 11.6 Å². The quantitative estimate of drug-likeness (QED) is 0.699. The van der Waals surface area contributed by atoms with E-state index in [-0.39, 0.29) is 11.5 Å². The zero-order valence-corrected chi connectivity index (χ0v) is 15.0. The van der Waals surface area contributed by atoms with Crippen LogP contribution in [0.5, 0.6) is 0 Å². The Hall–Kier alpha value is -3.02. The Bertz CT molecular complexity index is 977. The number of hydrogen-bond acceptors (Lipinski definition) is 4. The second-order valence-electron chi connectivity index (χ2n) is 6.94. The molecule has 1 aliphatic carbocycles. The van der Waals surface area contributed by atoms with E-state index in [2.05, 4.69) is 15.5 Å². The Morgan fingerprint density at radius 3 is 2.78 bits per heavy atom. The summed E-state index contributed by atoms with van der Waals surface area (Å²) in [5.74, 6) is 0.778. The lowest BCUT2D eigenvalue weighted by Crippen LogP contribution is -2.12. The third-order valence-electron chi connectivity index (χ3n) is 4.96. The number of anilines is 1. The van der Waals surface area contributed by atoms with Gasteiger partial charge in [-0.15, -0.1) is 0 Å². The molecule has 0 atom stereocenters. The van der Waals surface area contributed by atoms with Crippen LogP contribution in [0.3, 0.4) is 0 Å². The number of amides is 1. The lowest BCUT2D eigenvalue weighted by molar-refractivity contribution is 0.102. The fourth-order valence-corrected chi connectivity index (χ4v) is 3.36. The Labute approximate surface area is 156 Å². The first-order valence-corrected chi connectivity index (χ1v) is 9.12. The molecule has 0 radical (unpaired) electrons. The van der Waals surface area contributed by atoms with Crippen LogP contribution in [0.4, 0.5) is 10.1 Å². The van der Waals surface area contributed by atoms with Crippen LogP contribution < -0.4 is 5.32 Å². The van der Waals surface area contributed by atoms with E-state index in [0.717, 1.165) is 18.4 Å². The molecule has 1 saturated carbocycles. The highest BCUT2D eigenvalue weighted by Crippen LogP contribution is 2.34. The number of carbonyl (C=O) groups is 1. The summed E-state index contributed by atoms with van der Waals surface area (Å²) in [7, 11) is 0. The molecule has 1 fully saturated rings. The number of benzene rings is 2. The minimum absolute atomic E-state index is 0.270. The van der Waals surface area contributed by atoms with E-state index in [1.54, 1.807) is 31.2 Å². The molecule has 1 aliphatic rings. The molecule has 138 valence electrons. The molecular weight excluding hydrogens is 345 g/mol. The maximum atomic E-state index is 13.7. The van der Waals surface area contributed by atoms with Crippen molar-refractivity contribution in [1.82, 2.24) is 10.1 Å². The van der Waals surface area contributed by atoms with Crippen molar-refractivity contribution in [2.45, 2.75) is 38.5 Å². The van der Waals surface area contributed by atoms with E-state index < -0.39 is 5.82 Å². The van der Waals surface area contributed by atoms with E-state index in [1.165, 1.54) is 18.9 Å². The molecule has 3 aromatic rings. The number of rotatable bonds is 4. The van der Waals surface area contributed by atoms with Crippen LogP contribution in [0.1, 0.15) is 53.4 Å². The van der Waals surface area contributed by atoms with Crippen molar-refractivity contribution in [3.8, 4) is 11.4 Å². The molecule has 2 aromatic carbocycles. The van der Waals surface area contributed by atoms with Crippen molar-refractivity contribution in [3.05, 3.63) is 65.3 Å². The van der Waals surface area contributed by atoms with Gasteiger partial charge in [0.25, 0.3) is 5.91 Å². The Balaban J connectivity index is 1.52. The van der Waals surface area contributed by atoms with Gasteiger partial charge in [0.15, 0.2) is 0 Å². The highest BCUT2D eigenvalue weighted by Gasteiger charge is 2.23. The molecule has 0 aliphatic heterocycles. The van der Waals surface area contributed by atoms with Crippen LogP contribution in [0.25, 0.3) is 11.4 Å². The Kier molecular flexibility index (Phi) is 4.71. The molecule has 4 rings (SSSR count). The van der Waals surface area contributed by atoms with Gasteiger partial charge in [-0.3, -0.25) is 4.79 Å². The number of aryl methyl sites for hydroxylation is 1. The topological polar surface area (TPSA) is 68.0 Å². The molecule has 1 heterocycles. The minimum Gasteiger partial charge on any atom is -0.339 e. The molecule has 1 N–H and O–H groups in total. The molecule has 0 unspecified atom stereocenters. The van der Waals surface area contributed by atoms with Gasteiger partial charge in [-0.1, -0.05) is 36.2 Å². The highest BCUT2D eigenvalue weighted by molar-refractivity contribution is 6.04. The fraction of sp³-hybridized carbons (Fsp3) is 0.286. The summed E-state index contributed by atoms with van der Waals surface area (Å²) in [6, 6.07) is 11.7. The molecule has 0 bridgehead atoms. The monoisotopic (exact) mass is 365 g/mol. The molecule has 5 nitrogen and oxygen atoms in total. The van der Waals surface area contributed by atoms with Crippen LogP contribution in [-0.2, 0) is 0 Å². The van der Waals surface area contributed by atoms with Gasteiger partial charge in [-0.05, 0) is 49.6 Å². The van der Waals surface area contributed by atoms with Crippen LogP contribution in [0.2, 0.25) is 0 Å². The molecule has 1 aromatic heterocycles. The van der Waals surface area contributed by atoms with Crippen molar-refractivity contribution < 1.29 is 13.7 Å². The lowest BCUT2D eigenvalue weighted by atomic mass is 10.1. The van der Waals surface area contributed by atoms with Gasteiger partial charge in [0.05, 0.1) is 0 Å². The van der Waals surface area contributed by atoms with Gasteiger partial charge in [-0.2, -0.15) is 4.98 Å². The average Bonchev–Trinajstić information content (AvgIpc) is 3.35.